The monoisotopic (exact) mass is 335 g/mol. The SMILES string of the molecule is Cc1c(C(=O)OCC(=O)c2ccc(F)c(F)c2)cccc1[N+](=O)[O-]. The van der Waals surface area contributed by atoms with Gasteiger partial charge in [-0.1, -0.05) is 6.07 Å². The molecule has 0 N–H and O–H groups in total. The second-order valence-electron chi connectivity index (χ2n) is 4.84. The fourth-order valence-corrected chi connectivity index (χ4v) is 2.00. The van der Waals surface area contributed by atoms with Gasteiger partial charge in [-0.05, 0) is 31.2 Å². The van der Waals surface area contributed by atoms with Crippen LogP contribution in [0.15, 0.2) is 36.4 Å². The number of ketones is 1. The van der Waals surface area contributed by atoms with Crippen LogP contribution in [0.4, 0.5) is 14.5 Å². The molecule has 6 nitrogen and oxygen atoms in total. The Morgan fingerprint density at radius 3 is 2.50 bits per heavy atom. The van der Waals surface area contributed by atoms with Gasteiger partial charge in [0.1, 0.15) is 0 Å². The van der Waals surface area contributed by atoms with Crippen molar-refractivity contribution in [3.05, 3.63) is 74.8 Å². The van der Waals surface area contributed by atoms with E-state index in [1.807, 2.05) is 0 Å². The van der Waals surface area contributed by atoms with E-state index in [0.29, 0.717) is 6.07 Å². The van der Waals surface area contributed by atoms with Crippen LogP contribution in [0.1, 0.15) is 26.3 Å². The molecule has 2 aromatic rings. The molecule has 124 valence electrons. The van der Waals surface area contributed by atoms with Gasteiger partial charge < -0.3 is 4.74 Å². The highest BCUT2D eigenvalue weighted by atomic mass is 19.2. The Morgan fingerprint density at radius 1 is 1.17 bits per heavy atom. The summed E-state index contributed by atoms with van der Waals surface area (Å²) in [6.07, 6.45) is 0. The Labute approximate surface area is 134 Å². The number of rotatable bonds is 5. The molecule has 24 heavy (non-hydrogen) atoms. The number of benzene rings is 2. The zero-order valence-corrected chi connectivity index (χ0v) is 12.4. The van der Waals surface area contributed by atoms with Crippen molar-refractivity contribution in [1.29, 1.82) is 0 Å². The van der Waals surface area contributed by atoms with Crippen molar-refractivity contribution in [2.24, 2.45) is 0 Å². The standard InChI is InChI=1S/C16H11F2NO5/c1-9-11(3-2-4-14(9)19(22)23)16(21)24-8-15(20)10-5-6-12(17)13(18)7-10/h2-7H,8H2,1H3. The van der Waals surface area contributed by atoms with Gasteiger partial charge in [-0.3, -0.25) is 14.9 Å². The van der Waals surface area contributed by atoms with Crippen LogP contribution in [0.25, 0.3) is 0 Å². The van der Waals surface area contributed by atoms with E-state index >= 15 is 0 Å². The van der Waals surface area contributed by atoms with E-state index in [1.54, 1.807) is 0 Å². The van der Waals surface area contributed by atoms with Crippen molar-refractivity contribution in [1.82, 2.24) is 0 Å². The van der Waals surface area contributed by atoms with Gasteiger partial charge >= 0.3 is 5.97 Å². The Morgan fingerprint density at radius 2 is 1.88 bits per heavy atom. The summed E-state index contributed by atoms with van der Waals surface area (Å²) in [4.78, 5) is 34.0. The van der Waals surface area contributed by atoms with Gasteiger partial charge in [-0.15, -0.1) is 0 Å². The maximum Gasteiger partial charge on any atom is 0.339 e. The topological polar surface area (TPSA) is 86.5 Å². The summed E-state index contributed by atoms with van der Waals surface area (Å²) in [5.74, 6) is -3.95. The van der Waals surface area contributed by atoms with Crippen molar-refractivity contribution in [2.75, 3.05) is 6.61 Å². The Balaban J connectivity index is 2.10. The van der Waals surface area contributed by atoms with Crippen LogP contribution in [0, 0.1) is 28.7 Å². The van der Waals surface area contributed by atoms with Gasteiger partial charge in [0.05, 0.1) is 10.5 Å². The van der Waals surface area contributed by atoms with E-state index in [1.165, 1.54) is 25.1 Å². The number of nitro benzene ring substituents is 1. The summed E-state index contributed by atoms with van der Waals surface area (Å²) >= 11 is 0. The molecule has 0 saturated heterocycles. The third kappa shape index (κ3) is 3.60. The van der Waals surface area contributed by atoms with Crippen LogP contribution in [0.5, 0.6) is 0 Å². The largest absolute Gasteiger partial charge is 0.454 e. The number of carbonyl (C=O) groups excluding carboxylic acids is 2. The third-order valence-electron chi connectivity index (χ3n) is 3.30. The summed E-state index contributed by atoms with van der Waals surface area (Å²) in [6, 6.07) is 6.43. The number of Topliss-reactive ketones (excluding diaryl/α,β-unsaturated/α-hetero) is 1. The van der Waals surface area contributed by atoms with Gasteiger partial charge in [0.2, 0.25) is 0 Å². The summed E-state index contributed by atoms with van der Waals surface area (Å²) < 4.78 is 30.7. The molecule has 2 rings (SSSR count). The van der Waals surface area contributed by atoms with E-state index < -0.39 is 34.9 Å². The van der Waals surface area contributed by atoms with Crippen molar-refractivity contribution in [3.63, 3.8) is 0 Å². The first-order valence-corrected chi connectivity index (χ1v) is 6.70. The average Bonchev–Trinajstić information content (AvgIpc) is 2.54. The third-order valence-corrected chi connectivity index (χ3v) is 3.30. The number of hydrogen-bond donors (Lipinski definition) is 0. The van der Waals surface area contributed by atoms with E-state index in [0.717, 1.165) is 12.1 Å². The van der Waals surface area contributed by atoms with Crippen molar-refractivity contribution >= 4 is 17.4 Å². The van der Waals surface area contributed by atoms with Crippen molar-refractivity contribution < 1.29 is 28.0 Å². The molecule has 0 aliphatic rings. The molecule has 0 spiro atoms. The predicted molar refractivity (Wildman–Crippen MR) is 78.8 cm³/mol. The fourth-order valence-electron chi connectivity index (χ4n) is 2.00. The van der Waals surface area contributed by atoms with E-state index in [4.69, 9.17) is 4.74 Å². The van der Waals surface area contributed by atoms with Crippen LogP contribution >= 0.6 is 0 Å². The van der Waals surface area contributed by atoms with Crippen LogP contribution in [-0.2, 0) is 4.74 Å². The predicted octanol–water partition coefficient (Wildman–Crippen LogP) is 3.22. The van der Waals surface area contributed by atoms with Gasteiger partial charge in [0.15, 0.2) is 24.0 Å². The molecule has 0 heterocycles. The molecule has 0 aliphatic carbocycles. The molecule has 8 heteroatoms. The molecule has 2 aromatic carbocycles. The molecule has 0 fully saturated rings. The number of halogens is 2. The zero-order valence-electron chi connectivity index (χ0n) is 12.4. The van der Waals surface area contributed by atoms with Gasteiger partial charge in [0, 0.05) is 17.2 Å². The molecule has 0 bridgehead atoms. The minimum atomic E-state index is -1.19. The quantitative estimate of drug-likeness (QED) is 0.362. The average molecular weight is 335 g/mol. The lowest BCUT2D eigenvalue weighted by atomic mass is 10.1. The lowest BCUT2D eigenvalue weighted by Crippen LogP contribution is -2.15. The lowest BCUT2D eigenvalue weighted by Gasteiger charge is -2.07. The van der Waals surface area contributed by atoms with Gasteiger partial charge in [0.25, 0.3) is 5.69 Å². The minimum Gasteiger partial charge on any atom is -0.454 e. The highest BCUT2D eigenvalue weighted by molar-refractivity contribution is 5.99. The normalized spacial score (nSPS) is 10.3. The van der Waals surface area contributed by atoms with Gasteiger partial charge in [-0.25, -0.2) is 13.6 Å². The molecule has 0 aliphatic heterocycles. The zero-order chi connectivity index (χ0) is 17.9. The highest BCUT2D eigenvalue weighted by Crippen LogP contribution is 2.21. The van der Waals surface area contributed by atoms with E-state index in [2.05, 4.69) is 0 Å². The molecule has 0 saturated carbocycles. The summed E-state index contributed by atoms with van der Waals surface area (Å²) in [6.45, 7) is 0.679. The maximum absolute atomic E-state index is 13.1. The Kier molecular flexibility index (Phi) is 4.98. The summed E-state index contributed by atoms with van der Waals surface area (Å²) in [7, 11) is 0. The lowest BCUT2D eigenvalue weighted by molar-refractivity contribution is -0.385. The molecule has 0 aromatic heterocycles. The Bertz CT molecular complexity index is 835. The minimum absolute atomic E-state index is 0.0534. The van der Waals surface area contributed by atoms with Crippen LogP contribution in [0.2, 0.25) is 0 Å². The van der Waals surface area contributed by atoms with Crippen LogP contribution < -0.4 is 0 Å². The van der Waals surface area contributed by atoms with Crippen LogP contribution in [0.3, 0.4) is 0 Å². The number of hydrogen-bond acceptors (Lipinski definition) is 5. The molecular weight excluding hydrogens is 324 g/mol. The smallest absolute Gasteiger partial charge is 0.339 e. The summed E-state index contributed by atoms with van der Waals surface area (Å²) in [5, 5.41) is 10.8. The Hall–Kier alpha value is -3.16. The number of carbonyl (C=O) groups is 2. The molecule has 0 radical (unpaired) electrons. The number of nitrogens with zero attached hydrogens (tertiary/aromatic N) is 1. The highest BCUT2D eigenvalue weighted by Gasteiger charge is 2.20. The number of nitro groups is 1. The van der Waals surface area contributed by atoms with Crippen LogP contribution in [-0.4, -0.2) is 23.3 Å². The molecular formula is C16H11F2NO5. The first-order valence-electron chi connectivity index (χ1n) is 6.70. The second-order valence-corrected chi connectivity index (χ2v) is 4.84. The fraction of sp³-hybridized carbons (Fsp3) is 0.125. The molecule has 0 unspecified atom stereocenters. The maximum atomic E-state index is 13.1. The van der Waals surface area contributed by atoms with Gasteiger partial charge in [-0.2, -0.15) is 0 Å². The first-order chi connectivity index (χ1) is 11.3. The summed E-state index contributed by atoms with van der Waals surface area (Å²) in [5.41, 5.74) is -0.357. The van der Waals surface area contributed by atoms with E-state index in [-0.39, 0.29) is 22.4 Å². The van der Waals surface area contributed by atoms with Crippen molar-refractivity contribution in [2.45, 2.75) is 6.92 Å². The number of ether oxygens (including phenoxy) is 1. The van der Waals surface area contributed by atoms with Crippen molar-refractivity contribution in [3.8, 4) is 0 Å². The molecule has 0 atom stereocenters. The first kappa shape index (κ1) is 17.2. The number of esters is 1. The second kappa shape index (κ2) is 6.95. The van der Waals surface area contributed by atoms with E-state index in [9.17, 15) is 28.5 Å². The molecule has 0 amide bonds.